The zero-order chi connectivity index (χ0) is 13.8. The van der Waals surface area contributed by atoms with E-state index >= 15 is 0 Å². The largest absolute Gasteiger partial charge is 0.294 e. The molecule has 0 saturated heterocycles. The van der Waals surface area contributed by atoms with Crippen LogP contribution in [-0.4, -0.2) is 33.4 Å². The van der Waals surface area contributed by atoms with Gasteiger partial charge in [0.05, 0.1) is 4.90 Å². The molecule has 0 aliphatic carbocycles. The average Bonchev–Trinajstić information content (AvgIpc) is 2.22. The number of hydrogen-bond donors (Lipinski definition) is 1. The van der Waals surface area contributed by atoms with E-state index < -0.39 is 20.0 Å². The van der Waals surface area contributed by atoms with Crippen LogP contribution >= 0.6 is 0 Å². The Kier molecular flexibility index (Phi) is 4.89. The molecule has 102 valence electrons. The number of sulfone groups is 1. The van der Waals surface area contributed by atoms with Gasteiger partial charge < -0.3 is 0 Å². The molecule has 0 unspecified atom stereocenters. The van der Waals surface area contributed by atoms with Crippen LogP contribution in [0.1, 0.15) is 18.4 Å². The lowest BCUT2D eigenvalue weighted by Gasteiger charge is -2.02. The molecule has 0 amide bonds. The smallest absolute Gasteiger partial charge is 0.282 e. The van der Waals surface area contributed by atoms with Crippen LogP contribution in [0.5, 0.6) is 0 Å². The van der Waals surface area contributed by atoms with Gasteiger partial charge in [0.15, 0.2) is 0 Å². The van der Waals surface area contributed by atoms with Crippen molar-refractivity contribution in [1.82, 2.24) is 0 Å². The molecule has 0 spiro atoms. The highest BCUT2D eigenvalue weighted by Gasteiger charge is 2.08. The van der Waals surface area contributed by atoms with Crippen molar-refractivity contribution >= 4 is 20.0 Å². The van der Waals surface area contributed by atoms with Crippen LogP contribution in [0.2, 0.25) is 0 Å². The number of hydrogen-bond acceptors (Lipinski definition) is 4. The van der Waals surface area contributed by atoms with E-state index in [0.717, 1.165) is 12.0 Å². The van der Waals surface area contributed by atoms with Crippen molar-refractivity contribution in [3.8, 4) is 0 Å². The summed E-state index contributed by atoms with van der Waals surface area (Å²) in [5.74, 6) is 0.163. The minimum Gasteiger partial charge on any atom is -0.282 e. The summed E-state index contributed by atoms with van der Waals surface area (Å²) in [6.45, 7) is 0. The Bertz CT molecular complexity index is 585. The molecule has 18 heavy (non-hydrogen) atoms. The molecule has 0 fully saturated rings. The Hall–Kier alpha value is -0.920. The maximum Gasteiger partial charge on any atom is 0.294 e. The van der Waals surface area contributed by atoms with E-state index in [2.05, 4.69) is 0 Å². The normalized spacial score (nSPS) is 12.6. The van der Waals surface area contributed by atoms with Gasteiger partial charge in [0, 0.05) is 12.0 Å². The molecular weight excluding hydrogens is 276 g/mol. The maximum atomic E-state index is 10.9. The van der Waals surface area contributed by atoms with Crippen LogP contribution in [0.3, 0.4) is 0 Å². The van der Waals surface area contributed by atoms with E-state index in [1.54, 1.807) is 12.1 Å². The number of aryl methyl sites for hydroxylation is 1. The highest BCUT2D eigenvalue weighted by atomic mass is 32.2. The van der Waals surface area contributed by atoms with E-state index in [-0.39, 0.29) is 10.6 Å². The number of unbranched alkanes of at least 4 members (excludes halogenated alkanes) is 1. The van der Waals surface area contributed by atoms with Gasteiger partial charge in [-0.3, -0.25) is 4.55 Å². The molecule has 0 atom stereocenters. The summed E-state index contributed by atoms with van der Waals surface area (Å²) in [5, 5.41) is 0. The van der Waals surface area contributed by atoms with Crippen molar-refractivity contribution in [2.45, 2.75) is 24.2 Å². The summed E-state index contributed by atoms with van der Waals surface area (Å²) in [7, 11) is -7.06. The molecule has 0 saturated carbocycles. The van der Waals surface area contributed by atoms with Crippen LogP contribution < -0.4 is 0 Å². The Morgan fingerprint density at radius 2 is 1.56 bits per heavy atom. The Morgan fingerprint density at radius 3 is 2.00 bits per heavy atom. The van der Waals surface area contributed by atoms with Gasteiger partial charge in [0.1, 0.15) is 9.84 Å². The third-order valence-electron chi connectivity index (χ3n) is 2.45. The van der Waals surface area contributed by atoms with E-state index in [9.17, 15) is 16.8 Å². The summed E-state index contributed by atoms with van der Waals surface area (Å²) in [5.41, 5.74) is 0.913. The minimum absolute atomic E-state index is 0.137. The quantitative estimate of drug-likeness (QED) is 0.630. The van der Waals surface area contributed by atoms with E-state index in [1.165, 1.54) is 18.4 Å². The molecule has 7 heteroatoms. The van der Waals surface area contributed by atoms with Gasteiger partial charge >= 0.3 is 0 Å². The molecule has 1 aromatic carbocycles. The second-order valence-electron chi connectivity index (χ2n) is 4.21. The van der Waals surface area contributed by atoms with Gasteiger partial charge in [-0.15, -0.1) is 0 Å². The number of benzene rings is 1. The minimum atomic E-state index is -4.14. The first-order valence-corrected chi connectivity index (χ1v) is 8.93. The molecule has 0 radical (unpaired) electrons. The van der Waals surface area contributed by atoms with Crippen LogP contribution in [-0.2, 0) is 26.4 Å². The monoisotopic (exact) mass is 292 g/mol. The Labute approximate surface area is 108 Å². The third-order valence-corrected chi connectivity index (χ3v) is 4.35. The summed E-state index contributed by atoms with van der Waals surface area (Å²) < 4.78 is 52.2. The van der Waals surface area contributed by atoms with Crippen LogP contribution in [0.4, 0.5) is 0 Å². The van der Waals surface area contributed by atoms with E-state index in [1.807, 2.05) is 0 Å². The molecular formula is C11H16O5S2. The zero-order valence-electron chi connectivity index (χ0n) is 10.0. The molecule has 0 heterocycles. The van der Waals surface area contributed by atoms with Crippen molar-refractivity contribution in [2.75, 3.05) is 12.0 Å². The Morgan fingerprint density at radius 1 is 1.00 bits per heavy atom. The fraction of sp³-hybridized carbons (Fsp3) is 0.455. The lowest BCUT2D eigenvalue weighted by atomic mass is 10.1. The highest BCUT2D eigenvalue weighted by molar-refractivity contribution is 7.90. The lowest BCUT2D eigenvalue weighted by Crippen LogP contribution is -2.03. The molecule has 0 aliphatic heterocycles. The highest BCUT2D eigenvalue weighted by Crippen LogP contribution is 2.12. The molecule has 1 rings (SSSR count). The number of rotatable bonds is 6. The molecule has 1 N–H and O–H groups in total. The predicted molar refractivity (Wildman–Crippen MR) is 68.9 cm³/mol. The SMILES string of the molecule is CS(=O)(=O)CCCCc1ccc(S(=O)(=O)O)cc1. The van der Waals surface area contributed by atoms with Gasteiger partial charge in [-0.25, -0.2) is 8.42 Å². The van der Waals surface area contributed by atoms with Gasteiger partial charge in [0.2, 0.25) is 0 Å². The van der Waals surface area contributed by atoms with E-state index in [4.69, 9.17) is 4.55 Å². The average molecular weight is 292 g/mol. The second kappa shape index (κ2) is 5.81. The predicted octanol–water partition coefficient (Wildman–Crippen LogP) is 1.30. The van der Waals surface area contributed by atoms with Gasteiger partial charge in [-0.05, 0) is 37.0 Å². The van der Waals surface area contributed by atoms with Gasteiger partial charge in [0.25, 0.3) is 10.1 Å². The van der Waals surface area contributed by atoms with Crippen molar-refractivity contribution in [3.05, 3.63) is 29.8 Å². The fourth-order valence-corrected chi connectivity index (χ4v) is 2.73. The molecule has 0 aliphatic rings. The molecule has 1 aromatic rings. The summed E-state index contributed by atoms with van der Waals surface area (Å²) in [4.78, 5) is -0.137. The summed E-state index contributed by atoms with van der Waals surface area (Å²) >= 11 is 0. The second-order valence-corrected chi connectivity index (χ2v) is 7.89. The molecule has 0 bridgehead atoms. The van der Waals surface area contributed by atoms with Crippen molar-refractivity contribution in [1.29, 1.82) is 0 Å². The summed E-state index contributed by atoms with van der Waals surface area (Å²) in [6, 6.07) is 5.90. The lowest BCUT2D eigenvalue weighted by molar-refractivity contribution is 0.483. The van der Waals surface area contributed by atoms with Crippen molar-refractivity contribution in [2.24, 2.45) is 0 Å². The topological polar surface area (TPSA) is 88.5 Å². The van der Waals surface area contributed by atoms with Crippen LogP contribution in [0.15, 0.2) is 29.2 Å². The van der Waals surface area contributed by atoms with Crippen LogP contribution in [0.25, 0.3) is 0 Å². The van der Waals surface area contributed by atoms with Gasteiger partial charge in [-0.2, -0.15) is 8.42 Å². The molecule has 5 nitrogen and oxygen atoms in total. The fourth-order valence-electron chi connectivity index (χ4n) is 1.52. The zero-order valence-corrected chi connectivity index (χ0v) is 11.7. The Balaban J connectivity index is 2.50. The first kappa shape index (κ1) is 15.1. The van der Waals surface area contributed by atoms with Crippen LogP contribution in [0, 0.1) is 0 Å². The first-order chi connectivity index (χ1) is 8.18. The van der Waals surface area contributed by atoms with E-state index in [0.29, 0.717) is 12.8 Å². The summed E-state index contributed by atoms with van der Waals surface area (Å²) in [6.07, 6.45) is 3.19. The third kappa shape index (κ3) is 5.61. The van der Waals surface area contributed by atoms with Gasteiger partial charge in [-0.1, -0.05) is 12.1 Å². The maximum absolute atomic E-state index is 10.9. The first-order valence-electron chi connectivity index (χ1n) is 5.43. The van der Waals surface area contributed by atoms with Crippen molar-refractivity contribution in [3.63, 3.8) is 0 Å². The standard InChI is InChI=1S/C11H16O5S2/c1-17(12,13)9-3-2-4-10-5-7-11(8-6-10)18(14,15)16/h5-8H,2-4,9H2,1H3,(H,14,15,16). The van der Waals surface area contributed by atoms with Crippen molar-refractivity contribution < 1.29 is 21.4 Å². The molecule has 0 aromatic heterocycles.